The largest absolute Gasteiger partial charge is 0.438 e. The van der Waals surface area contributed by atoms with E-state index in [-0.39, 0.29) is 26.9 Å². The van der Waals surface area contributed by atoms with Gasteiger partial charge in [-0.25, -0.2) is 4.39 Å². The summed E-state index contributed by atoms with van der Waals surface area (Å²) in [7, 11) is 0. The Kier molecular flexibility index (Phi) is 4.49. The van der Waals surface area contributed by atoms with Crippen LogP contribution in [0.3, 0.4) is 0 Å². The molecule has 136 valence electrons. The van der Waals surface area contributed by atoms with Gasteiger partial charge in [0.2, 0.25) is 0 Å². The Labute approximate surface area is 150 Å². The standard InChI is InChI=1S/C17H11ClF4N2O2/c18-12-3-1-2-11(8-12)15(25)24-16(26,17(20,21)22)9-14(23-24)10-4-6-13(19)7-5-10/h1-8,26H,9H2. The van der Waals surface area contributed by atoms with Crippen molar-refractivity contribution < 1.29 is 27.5 Å². The van der Waals surface area contributed by atoms with Crippen molar-refractivity contribution in [3.63, 3.8) is 0 Å². The Morgan fingerprint density at radius 1 is 1.19 bits per heavy atom. The topological polar surface area (TPSA) is 52.9 Å². The van der Waals surface area contributed by atoms with Crippen molar-refractivity contribution in [3.05, 3.63) is 70.5 Å². The lowest BCUT2D eigenvalue weighted by Crippen LogP contribution is -2.56. The minimum absolute atomic E-state index is 0.00263. The van der Waals surface area contributed by atoms with Gasteiger partial charge in [-0.2, -0.15) is 23.3 Å². The third-order valence-corrected chi connectivity index (χ3v) is 4.12. The van der Waals surface area contributed by atoms with Crippen molar-refractivity contribution >= 4 is 23.2 Å². The molecule has 0 saturated heterocycles. The smallest absolute Gasteiger partial charge is 0.362 e. The summed E-state index contributed by atoms with van der Waals surface area (Å²) in [5.41, 5.74) is -3.71. The van der Waals surface area contributed by atoms with Gasteiger partial charge in [0.15, 0.2) is 0 Å². The molecule has 1 N–H and O–H groups in total. The molecule has 0 bridgehead atoms. The van der Waals surface area contributed by atoms with Crippen LogP contribution in [0.5, 0.6) is 0 Å². The van der Waals surface area contributed by atoms with Crippen LogP contribution in [-0.2, 0) is 0 Å². The van der Waals surface area contributed by atoms with E-state index in [4.69, 9.17) is 11.6 Å². The summed E-state index contributed by atoms with van der Waals surface area (Å²) in [6.07, 6.45) is -6.14. The molecule has 3 rings (SSSR count). The fourth-order valence-electron chi connectivity index (χ4n) is 2.53. The Hall–Kier alpha value is -2.45. The lowest BCUT2D eigenvalue weighted by atomic mass is 10.0. The van der Waals surface area contributed by atoms with Crippen LogP contribution in [0, 0.1) is 5.82 Å². The van der Waals surface area contributed by atoms with Crippen molar-refractivity contribution in [2.75, 3.05) is 0 Å². The van der Waals surface area contributed by atoms with E-state index in [1.165, 1.54) is 36.4 Å². The maximum Gasteiger partial charge on any atom is 0.438 e. The summed E-state index contributed by atoms with van der Waals surface area (Å²) >= 11 is 5.77. The van der Waals surface area contributed by atoms with Gasteiger partial charge >= 0.3 is 6.18 Å². The quantitative estimate of drug-likeness (QED) is 0.794. The molecule has 9 heteroatoms. The summed E-state index contributed by atoms with van der Waals surface area (Å²) in [4.78, 5) is 12.5. The zero-order chi connectivity index (χ0) is 19.1. The van der Waals surface area contributed by atoms with E-state index in [0.29, 0.717) is 0 Å². The number of carbonyl (C=O) groups excluding carboxylic acids is 1. The van der Waals surface area contributed by atoms with Gasteiger partial charge in [0, 0.05) is 10.6 Å². The number of hydrogen-bond donors (Lipinski definition) is 1. The van der Waals surface area contributed by atoms with E-state index < -0.39 is 30.0 Å². The highest BCUT2D eigenvalue weighted by atomic mass is 35.5. The predicted octanol–water partition coefficient (Wildman–Crippen LogP) is 3.98. The Balaban J connectivity index is 2.05. The summed E-state index contributed by atoms with van der Waals surface area (Å²) in [5.74, 6) is -1.74. The first kappa shape index (κ1) is 18.3. The van der Waals surface area contributed by atoms with Crippen molar-refractivity contribution in [1.29, 1.82) is 0 Å². The van der Waals surface area contributed by atoms with Gasteiger partial charge in [-0.1, -0.05) is 29.8 Å². The van der Waals surface area contributed by atoms with Gasteiger partial charge in [-0.05, 0) is 35.9 Å². The molecule has 2 aromatic rings. The van der Waals surface area contributed by atoms with Crippen LogP contribution >= 0.6 is 11.6 Å². The van der Waals surface area contributed by atoms with E-state index in [2.05, 4.69) is 5.10 Å². The van der Waals surface area contributed by atoms with Crippen LogP contribution in [0.4, 0.5) is 17.6 Å². The third-order valence-electron chi connectivity index (χ3n) is 3.88. The Morgan fingerprint density at radius 3 is 2.42 bits per heavy atom. The predicted molar refractivity (Wildman–Crippen MR) is 86.2 cm³/mol. The summed E-state index contributed by atoms with van der Waals surface area (Å²) in [5, 5.41) is 14.1. The first-order chi connectivity index (χ1) is 12.1. The van der Waals surface area contributed by atoms with Crippen LogP contribution in [0.15, 0.2) is 53.6 Å². The maximum atomic E-state index is 13.5. The van der Waals surface area contributed by atoms with E-state index >= 15 is 0 Å². The van der Waals surface area contributed by atoms with Gasteiger partial charge in [0.25, 0.3) is 11.6 Å². The van der Waals surface area contributed by atoms with Crippen LogP contribution in [0.25, 0.3) is 0 Å². The van der Waals surface area contributed by atoms with Crippen LogP contribution in [-0.4, -0.2) is 33.6 Å². The number of nitrogens with zero attached hydrogens (tertiary/aromatic N) is 2. The molecule has 0 radical (unpaired) electrons. The minimum Gasteiger partial charge on any atom is -0.362 e. The van der Waals surface area contributed by atoms with Crippen molar-refractivity contribution in [1.82, 2.24) is 5.01 Å². The molecule has 1 unspecified atom stereocenters. The summed E-state index contributed by atoms with van der Waals surface area (Å²) < 4.78 is 53.5. The van der Waals surface area contributed by atoms with Gasteiger partial charge in [0.1, 0.15) is 5.82 Å². The monoisotopic (exact) mass is 386 g/mol. The first-order valence-electron chi connectivity index (χ1n) is 7.34. The van der Waals surface area contributed by atoms with Crippen molar-refractivity contribution in [2.45, 2.75) is 18.3 Å². The number of benzene rings is 2. The molecular formula is C17H11ClF4N2O2. The summed E-state index contributed by atoms with van der Waals surface area (Å²) in [6, 6.07) is 9.81. The number of alkyl halides is 3. The minimum atomic E-state index is -5.16. The SMILES string of the molecule is O=C(c1cccc(Cl)c1)N1N=C(c2ccc(F)cc2)CC1(O)C(F)(F)F. The zero-order valence-electron chi connectivity index (χ0n) is 13.0. The molecule has 1 amide bonds. The lowest BCUT2D eigenvalue weighted by Gasteiger charge is -2.32. The fourth-order valence-corrected chi connectivity index (χ4v) is 2.72. The molecular weight excluding hydrogens is 376 g/mol. The molecule has 26 heavy (non-hydrogen) atoms. The molecule has 0 aromatic heterocycles. The van der Waals surface area contributed by atoms with E-state index in [1.54, 1.807) is 0 Å². The average molecular weight is 387 g/mol. The lowest BCUT2D eigenvalue weighted by molar-refractivity contribution is -0.297. The molecule has 0 fully saturated rings. The average Bonchev–Trinajstić information content (AvgIpc) is 2.94. The molecule has 1 aliphatic rings. The van der Waals surface area contributed by atoms with Gasteiger partial charge < -0.3 is 5.11 Å². The van der Waals surface area contributed by atoms with Crippen LogP contribution in [0.2, 0.25) is 5.02 Å². The molecule has 2 aromatic carbocycles. The third kappa shape index (κ3) is 3.17. The van der Waals surface area contributed by atoms with Crippen molar-refractivity contribution in [2.24, 2.45) is 5.10 Å². The van der Waals surface area contributed by atoms with Crippen molar-refractivity contribution in [3.8, 4) is 0 Å². The molecule has 0 saturated carbocycles. The Bertz CT molecular complexity index is 883. The molecule has 1 atom stereocenters. The number of hydrazone groups is 1. The molecule has 1 heterocycles. The fraction of sp³-hybridized carbons (Fsp3) is 0.176. The van der Waals surface area contributed by atoms with E-state index in [0.717, 1.165) is 12.1 Å². The molecule has 4 nitrogen and oxygen atoms in total. The highest BCUT2D eigenvalue weighted by Crippen LogP contribution is 2.42. The maximum absolute atomic E-state index is 13.5. The van der Waals surface area contributed by atoms with Gasteiger partial charge in [-0.3, -0.25) is 4.79 Å². The normalized spacial score (nSPS) is 20.2. The van der Waals surface area contributed by atoms with Gasteiger partial charge in [-0.15, -0.1) is 0 Å². The van der Waals surface area contributed by atoms with E-state index in [1.807, 2.05) is 0 Å². The van der Waals surface area contributed by atoms with Gasteiger partial charge in [0.05, 0.1) is 12.1 Å². The first-order valence-corrected chi connectivity index (χ1v) is 7.72. The number of hydrogen-bond acceptors (Lipinski definition) is 3. The van der Waals surface area contributed by atoms with E-state index in [9.17, 15) is 27.5 Å². The second kappa shape index (κ2) is 6.37. The highest BCUT2D eigenvalue weighted by molar-refractivity contribution is 6.31. The summed E-state index contributed by atoms with van der Waals surface area (Å²) in [6.45, 7) is 0. The highest BCUT2D eigenvalue weighted by Gasteiger charge is 2.63. The Morgan fingerprint density at radius 2 is 1.85 bits per heavy atom. The zero-order valence-corrected chi connectivity index (χ0v) is 13.7. The molecule has 1 aliphatic heterocycles. The van der Waals surface area contributed by atoms with Crippen LogP contribution in [0.1, 0.15) is 22.3 Å². The number of aliphatic hydroxyl groups is 1. The number of halogens is 5. The number of carbonyl (C=O) groups is 1. The molecule has 0 spiro atoms. The number of amides is 1. The second-order valence-electron chi connectivity index (χ2n) is 5.67. The number of rotatable bonds is 2. The second-order valence-corrected chi connectivity index (χ2v) is 6.11. The molecule has 0 aliphatic carbocycles. The van der Waals surface area contributed by atoms with Crippen LogP contribution < -0.4 is 0 Å².